The van der Waals surface area contributed by atoms with E-state index in [0.29, 0.717) is 6.42 Å². The highest BCUT2D eigenvalue weighted by molar-refractivity contribution is 6.07. The Morgan fingerprint density at radius 3 is 2.83 bits per heavy atom. The standard InChI is InChI=1S/C17H21FN2O3/c1-11-6-4-5-9-17(11)15(22)20(16(23)19-17)10-14(21)12-7-2-3-8-13(12)18/h2-3,7-8,11,14,21H,4-6,9-10H2,1H3,(H,19,23)/t11-,14-,17-/m1/s1. The second-order valence-electron chi connectivity index (χ2n) is 6.50. The lowest BCUT2D eigenvalue weighted by molar-refractivity contribution is -0.135. The van der Waals surface area contributed by atoms with Crippen molar-refractivity contribution in [2.45, 2.75) is 44.2 Å². The molecular formula is C17H21FN2O3. The second kappa shape index (κ2) is 5.92. The summed E-state index contributed by atoms with van der Waals surface area (Å²) in [5, 5.41) is 13.1. The van der Waals surface area contributed by atoms with Gasteiger partial charge in [0.25, 0.3) is 5.91 Å². The maximum absolute atomic E-state index is 13.8. The molecule has 1 spiro atoms. The third kappa shape index (κ3) is 2.61. The van der Waals surface area contributed by atoms with Gasteiger partial charge in [0.1, 0.15) is 11.4 Å². The van der Waals surface area contributed by atoms with Gasteiger partial charge in [-0.2, -0.15) is 0 Å². The minimum atomic E-state index is -1.24. The molecule has 3 atom stereocenters. The van der Waals surface area contributed by atoms with Crippen LogP contribution in [-0.2, 0) is 4.79 Å². The highest BCUT2D eigenvalue weighted by atomic mass is 19.1. The van der Waals surface area contributed by atoms with Crippen LogP contribution in [0.15, 0.2) is 24.3 Å². The normalized spacial score (nSPS) is 29.0. The van der Waals surface area contributed by atoms with Gasteiger partial charge < -0.3 is 10.4 Å². The first-order valence-electron chi connectivity index (χ1n) is 8.02. The van der Waals surface area contributed by atoms with Crippen molar-refractivity contribution in [3.8, 4) is 0 Å². The van der Waals surface area contributed by atoms with Crippen LogP contribution in [0.2, 0.25) is 0 Å². The van der Waals surface area contributed by atoms with E-state index in [4.69, 9.17) is 0 Å². The number of imide groups is 1. The maximum Gasteiger partial charge on any atom is 0.325 e. The number of halogens is 1. The average molecular weight is 320 g/mol. The molecule has 2 aliphatic rings. The molecule has 1 aliphatic carbocycles. The van der Waals surface area contributed by atoms with E-state index in [1.54, 1.807) is 6.07 Å². The molecule has 3 amide bonds. The first kappa shape index (κ1) is 15.9. The van der Waals surface area contributed by atoms with Crippen molar-refractivity contribution in [1.82, 2.24) is 10.2 Å². The number of hydrogen-bond acceptors (Lipinski definition) is 3. The molecule has 1 aliphatic heterocycles. The number of carbonyl (C=O) groups is 2. The maximum atomic E-state index is 13.8. The highest BCUT2D eigenvalue weighted by Crippen LogP contribution is 2.38. The zero-order valence-corrected chi connectivity index (χ0v) is 13.1. The Morgan fingerprint density at radius 1 is 1.39 bits per heavy atom. The van der Waals surface area contributed by atoms with Crippen LogP contribution in [0.1, 0.15) is 44.3 Å². The molecule has 124 valence electrons. The number of nitrogens with one attached hydrogen (secondary N) is 1. The molecule has 1 saturated heterocycles. The fraction of sp³-hybridized carbons (Fsp3) is 0.529. The smallest absolute Gasteiger partial charge is 0.325 e. The number of amides is 3. The van der Waals surface area contributed by atoms with Gasteiger partial charge in [0, 0.05) is 5.56 Å². The van der Waals surface area contributed by atoms with E-state index in [1.807, 2.05) is 6.92 Å². The van der Waals surface area contributed by atoms with Crippen LogP contribution in [0, 0.1) is 11.7 Å². The number of urea groups is 1. The monoisotopic (exact) mass is 320 g/mol. The average Bonchev–Trinajstić information content (AvgIpc) is 2.76. The van der Waals surface area contributed by atoms with Gasteiger partial charge in [-0.25, -0.2) is 9.18 Å². The Hall–Kier alpha value is -1.95. The molecular weight excluding hydrogens is 299 g/mol. The molecule has 5 nitrogen and oxygen atoms in total. The minimum Gasteiger partial charge on any atom is -0.386 e. The predicted octanol–water partition coefficient (Wildman–Crippen LogP) is 2.36. The largest absolute Gasteiger partial charge is 0.386 e. The molecule has 2 fully saturated rings. The molecule has 1 heterocycles. The lowest BCUT2D eigenvalue weighted by Crippen LogP contribution is -2.54. The van der Waals surface area contributed by atoms with E-state index < -0.39 is 23.5 Å². The Bertz CT molecular complexity index is 636. The summed E-state index contributed by atoms with van der Waals surface area (Å²) in [6.45, 7) is 1.73. The van der Waals surface area contributed by atoms with E-state index in [-0.39, 0.29) is 23.9 Å². The lowest BCUT2D eigenvalue weighted by Gasteiger charge is -2.37. The van der Waals surface area contributed by atoms with E-state index in [2.05, 4.69) is 5.32 Å². The predicted molar refractivity (Wildman–Crippen MR) is 82.0 cm³/mol. The Morgan fingerprint density at radius 2 is 2.13 bits per heavy atom. The van der Waals surface area contributed by atoms with Gasteiger partial charge in [0.15, 0.2) is 0 Å². The van der Waals surface area contributed by atoms with Gasteiger partial charge in [0.05, 0.1) is 12.6 Å². The van der Waals surface area contributed by atoms with Gasteiger partial charge in [-0.3, -0.25) is 9.69 Å². The van der Waals surface area contributed by atoms with Crippen molar-refractivity contribution in [2.75, 3.05) is 6.54 Å². The molecule has 3 rings (SSSR count). The summed E-state index contributed by atoms with van der Waals surface area (Å²) in [6, 6.07) is 5.34. The molecule has 0 bridgehead atoms. The van der Waals surface area contributed by atoms with Crippen LogP contribution in [0.3, 0.4) is 0 Å². The summed E-state index contributed by atoms with van der Waals surface area (Å²) >= 11 is 0. The van der Waals surface area contributed by atoms with Crippen molar-refractivity contribution in [2.24, 2.45) is 5.92 Å². The Labute approximate surface area is 134 Å². The van der Waals surface area contributed by atoms with Crippen molar-refractivity contribution in [3.05, 3.63) is 35.6 Å². The van der Waals surface area contributed by atoms with Crippen molar-refractivity contribution >= 4 is 11.9 Å². The van der Waals surface area contributed by atoms with Gasteiger partial charge >= 0.3 is 6.03 Å². The van der Waals surface area contributed by atoms with Gasteiger partial charge in [0.2, 0.25) is 0 Å². The van der Waals surface area contributed by atoms with Crippen LogP contribution in [0.5, 0.6) is 0 Å². The molecule has 0 aromatic heterocycles. The molecule has 0 unspecified atom stereocenters. The fourth-order valence-electron chi connectivity index (χ4n) is 3.68. The number of carbonyl (C=O) groups excluding carboxylic acids is 2. The summed E-state index contributed by atoms with van der Waals surface area (Å²) in [4.78, 5) is 26.1. The van der Waals surface area contributed by atoms with Gasteiger partial charge in [-0.05, 0) is 24.8 Å². The molecule has 1 aromatic rings. The van der Waals surface area contributed by atoms with Crippen molar-refractivity contribution < 1.29 is 19.1 Å². The first-order chi connectivity index (χ1) is 11.0. The SMILES string of the molecule is C[C@@H]1CCCC[C@@]12NC(=O)N(C[C@@H](O)c1ccccc1F)C2=O. The summed E-state index contributed by atoms with van der Waals surface area (Å²) < 4.78 is 13.8. The minimum absolute atomic E-state index is 0.0586. The number of β-amino-alcohol motifs (C(OH)–C–C–N with tert-alkyl or cyclic N) is 1. The third-order valence-corrected chi connectivity index (χ3v) is 5.12. The quantitative estimate of drug-likeness (QED) is 0.840. The molecule has 1 aromatic carbocycles. The van der Waals surface area contributed by atoms with Crippen LogP contribution < -0.4 is 5.32 Å². The van der Waals surface area contributed by atoms with Gasteiger partial charge in [-0.15, -0.1) is 0 Å². The highest BCUT2D eigenvalue weighted by Gasteiger charge is 2.55. The number of aliphatic hydroxyl groups is 1. The van der Waals surface area contributed by atoms with Crippen LogP contribution >= 0.6 is 0 Å². The van der Waals surface area contributed by atoms with E-state index in [1.165, 1.54) is 18.2 Å². The number of nitrogens with zero attached hydrogens (tertiary/aromatic N) is 1. The third-order valence-electron chi connectivity index (χ3n) is 5.12. The van der Waals surface area contributed by atoms with Crippen LogP contribution in [0.4, 0.5) is 9.18 Å². The van der Waals surface area contributed by atoms with Crippen molar-refractivity contribution in [3.63, 3.8) is 0 Å². The Kier molecular flexibility index (Phi) is 4.10. The van der Waals surface area contributed by atoms with Crippen LogP contribution in [-0.4, -0.2) is 34.0 Å². The topological polar surface area (TPSA) is 69.6 Å². The van der Waals surface area contributed by atoms with E-state index >= 15 is 0 Å². The number of aliphatic hydroxyl groups excluding tert-OH is 1. The second-order valence-corrected chi connectivity index (χ2v) is 6.50. The zero-order chi connectivity index (χ0) is 16.6. The summed E-state index contributed by atoms with van der Waals surface area (Å²) in [6.07, 6.45) is 2.20. The summed E-state index contributed by atoms with van der Waals surface area (Å²) in [7, 11) is 0. The van der Waals surface area contributed by atoms with Gasteiger partial charge in [-0.1, -0.05) is 38.0 Å². The lowest BCUT2D eigenvalue weighted by atomic mass is 9.73. The molecule has 0 radical (unpaired) electrons. The fourth-order valence-corrected chi connectivity index (χ4v) is 3.68. The molecule has 2 N–H and O–H groups in total. The summed E-state index contributed by atoms with van der Waals surface area (Å²) in [5.74, 6) is -0.791. The molecule has 23 heavy (non-hydrogen) atoms. The van der Waals surface area contributed by atoms with Crippen LogP contribution in [0.25, 0.3) is 0 Å². The van der Waals surface area contributed by atoms with E-state index in [0.717, 1.165) is 24.2 Å². The molecule has 1 saturated carbocycles. The number of hydrogen-bond donors (Lipinski definition) is 2. The van der Waals surface area contributed by atoms with Crippen molar-refractivity contribution in [1.29, 1.82) is 0 Å². The van der Waals surface area contributed by atoms with E-state index in [9.17, 15) is 19.1 Å². The number of benzene rings is 1. The first-order valence-corrected chi connectivity index (χ1v) is 8.02. The number of rotatable bonds is 3. The molecule has 6 heteroatoms. The Balaban J connectivity index is 1.80. The zero-order valence-electron chi connectivity index (χ0n) is 13.1. The summed E-state index contributed by atoms with van der Waals surface area (Å²) in [5.41, 5.74) is -0.768.